The third-order valence-corrected chi connectivity index (χ3v) is 2.65. The normalized spacial score (nSPS) is 26.9. The maximum absolute atomic E-state index is 6.00. The molecule has 0 aromatic carbocycles. The van der Waals surface area contributed by atoms with E-state index in [1.165, 1.54) is 12.0 Å². The molecule has 0 aromatic rings. The summed E-state index contributed by atoms with van der Waals surface area (Å²) in [5.41, 5.74) is 7.39. The lowest BCUT2D eigenvalue weighted by atomic mass is 10.0. The Kier molecular flexibility index (Phi) is 3.29. The Morgan fingerprint density at radius 1 is 1.75 bits per heavy atom. The number of nitrogens with two attached hydrogens (primary N) is 1. The Morgan fingerprint density at radius 2 is 2.33 bits per heavy atom. The van der Waals surface area contributed by atoms with E-state index in [0.717, 1.165) is 18.9 Å². The van der Waals surface area contributed by atoms with Gasteiger partial charge in [0.25, 0.3) is 0 Å². The van der Waals surface area contributed by atoms with E-state index in [4.69, 9.17) is 5.73 Å². The zero-order valence-corrected chi connectivity index (χ0v) is 8.14. The van der Waals surface area contributed by atoms with Gasteiger partial charge < -0.3 is 11.1 Å². The molecule has 70 valence electrons. The second-order valence-electron chi connectivity index (χ2n) is 3.81. The number of hydrogen-bond donors (Lipinski definition) is 2. The summed E-state index contributed by atoms with van der Waals surface area (Å²) in [5, 5.41) is 3.34. The molecule has 1 saturated carbocycles. The van der Waals surface area contributed by atoms with E-state index in [-0.39, 0.29) is 6.04 Å². The van der Waals surface area contributed by atoms with Crippen molar-refractivity contribution >= 4 is 0 Å². The first-order chi connectivity index (χ1) is 5.65. The first kappa shape index (κ1) is 9.75. The van der Waals surface area contributed by atoms with E-state index in [1.807, 2.05) is 0 Å². The van der Waals surface area contributed by atoms with Gasteiger partial charge in [-0.15, -0.1) is 0 Å². The molecule has 1 fully saturated rings. The van der Waals surface area contributed by atoms with Crippen LogP contribution in [0.25, 0.3) is 0 Å². The molecule has 2 nitrogen and oxygen atoms in total. The van der Waals surface area contributed by atoms with Crippen LogP contribution in [0.2, 0.25) is 0 Å². The minimum Gasteiger partial charge on any atom is -0.326 e. The third-order valence-electron chi connectivity index (χ3n) is 2.65. The molecule has 0 radical (unpaired) electrons. The molecular formula is C10H20N2. The quantitative estimate of drug-likeness (QED) is 0.607. The summed E-state index contributed by atoms with van der Waals surface area (Å²) in [5.74, 6) is 0.723. The van der Waals surface area contributed by atoms with Crippen molar-refractivity contribution in [3.63, 3.8) is 0 Å². The van der Waals surface area contributed by atoms with Crippen LogP contribution in [0.3, 0.4) is 0 Å². The third kappa shape index (κ3) is 2.61. The molecule has 0 heterocycles. The highest BCUT2D eigenvalue weighted by Crippen LogP contribution is 2.39. The van der Waals surface area contributed by atoms with Crippen LogP contribution in [0.4, 0.5) is 0 Å². The van der Waals surface area contributed by atoms with Crippen molar-refractivity contribution < 1.29 is 0 Å². The van der Waals surface area contributed by atoms with Crippen LogP contribution in [0.1, 0.15) is 26.7 Å². The van der Waals surface area contributed by atoms with E-state index in [0.29, 0.717) is 6.04 Å². The summed E-state index contributed by atoms with van der Waals surface area (Å²) in [6, 6.07) is 0.720. The lowest BCUT2D eigenvalue weighted by Crippen LogP contribution is -2.43. The second kappa shape index (κ2) is 4.06. The highest BCUT2D eigenvalue weighted by atomic mass is 14.9. The standard InChI is InChI=1S/C10H20N2/c1-4-12-8(3)10(11)6-9-5-7(9)2/h8-10,12H,2,4-6,11H2,1,3H3/t8?,9?,10-/m1/s1. The van der Waals surface area contributed by atoms with Gasteiger partial charge in [-0.2, -0.15) is 0 Å². The molecule has 0 amide bonds. The lowest BCUT2D eigenvalue weighted by Gasteiger charge is -2.20. The summed E-state index contributed by atoms with van der Waals surface area (Å²) in [7, 11) is 0. The van der Waals surface area contributed by atoms with Crippen molar-refractivity contribution in [1.29, 1.82) is 0 Å². The minimum atomic E-state index is 0.286. The Hall–Kier alpha value is -0.340. The highest BCUT2D eigenvalue weighted by molar-refractivity contribution is 5.19. The number of nitrogens with one attached hydrogen (secondary N) is 1. The molecule has 1 rings (SSSR count). The van der Waals surface area contributed by atoms with Crippen LogP contribution in [0.15, 0.2) is 12.2 Å². The van der Waals surface area contributed by atoms with E-state index in [9.17, 15) is 0 Å². The SMILES string of the molecule is C=C1CC1C[C@@H](N)C(C)NCC. The van der Waals surface area contributed by atoms with Crippen LogP contribution in [0, 0.1) is 5.92 Å². The Balaban J connectivity index is 2.17. The van der Waals surface area contributed by atoms with Gasteiger partial charge in [-0.25, -0.2) is 0 Å². The van der Waals surface area contributed by atoms with Crippen molar-refractivity contribution in [3.05, 3.63) is 12.2 Å². The van der Waals surface area contributed by atoms with Crippen LogP contribution in [-0.2, 0) is 0 Å². The molecule has 1 aliphatic rings. The predicted molar refractivity (Wildman–Crippen MR) is 53.0 cm³/mol. The molecule has 0 aromatic heterocycles. The van der Waals surface area contributed by atoms with Gasteiger partial charge in [0.2, 0.25) is 0 Å². The average Bonchev–Trinajstić information content (AvgIpc) is 2.67. The molecule has 3 N–H and O–H groups in total. The number of rotatable bonds is 5. The maximum atomic E-state index is 6.00. The monoisotopic (exact) mass is 168 g/mol. The second-order valence-corrected chi connectivity index (χ2v) is 3.81. The fourth-order valence-corrected chi connectivity index (χ4v) is 1.51. The first-order valence-corrected chi connectivity index (χ1v) is 4.81. The summed E-state index contributed by atoms with van der Waals surface area (Å²) in [4.78, 5) is 0. The molecule has 0 saturated heterocycles. The fraction of sp³-hybridized carbons (Fsp3) is 0.800. The van der Waals surface area contributed by atoms with Gasteiger partial charge in [0.05, 0.1) is 0 Å². The summed E-state index contributed by atoms with van der Waals surface area (Å²) in [6.07, 6.45) is 2.31. The number of allylic oxidation sites excluding steroid dienone is 1. The fourth-order valence-electron chi connectivity index (χ4n) is 1.51. The van der Waals surface area contributed by atoms with Gasteiger partial charge in [-0.05, 0) is 32.2 Å². The van der Waals surface area contributed by atoms with Crippen LogP contribution >= 0.6 is 0 Å². The van der Waals surface area contributed by atoms with E-state index < -0.39 is 0 Å². The molecule has 0 aliphatic heterocycles. The Labute approximate surface area is 75.2 Å². The topological polar surface area (TPSA) is 38.0 Å². The first-order valence-electron chi connectivity index (χ1n) is 4.81. The lowest BCUT2D eigenvalue weighted by molar-refractivity contribution is 0.433. The van der Waals surface area contributed by atoms with E-state index in [2.05, 4.69) is 25.7 Å². The van der Waals surface area contributed by atoms with Gasteiger partial charge in [0.15, 0.2) is 0 Å². The maximum Gasteiger partial charge on any atom is 0.0197 e. The predicted octanol–water partition coefficient (Wildman–Crippen LogP) is 1.28. The van der Waals surface area contributed by atoms with Gasteiger partial charge in [0, 0.05) is 12.1 Å². The molecule has 1 aliphatic carbocycles. The molecule has 2 unspecified atom stereocenters. The summed E-state index contributed by atoms with van der Waals surface area (Å²) in [6.45, 7) is 9.19. The molecular weight excluding hydrogens is 148 g/mol. The zero-order chi connectivity index (χ0) is 9.14. The van der Waals surface area contributed by atoms with Crippen molar-refractivity contribution in [1.82, 2.24) is 5.32 Å². The number of likely N-dealkylation sites (N-methyl/N-ethyl adjacent to an activating group) is 1. The van der Waals surface area contributed by atoms with E-state index in [1.54, 1.807) is 0 Å². The zero-order valence-electron chi connectivity index (χ0n) is 8.14. The van der Waals surface area contributed by atoms with Crippen LogP contribution in [-0.4, -0.2) is 18.6 Å². The van der Waals surface area contributed by atoms with Crippen molar-refractivity contribution in [2.24, 2.45) is 11.7 Å². The minimum absolute atomic E-state index is 0.286. The van der Waals surface area contributed by atoms with Gasteiger partial charge >= 0.3 is 0 Å². The molecule has 12 heavy (non-hydrogen) atoms. The van der Waals surface area contributed by atoms with Crippen LogP contribution in [0.5, 0.6) is 0 Å². The largest absolute Gasteiger partial charge is 0.326 e. The van der Waals surface area contributed by atoms with Crippen molar-refractivity contribution in [3.8, 4) is 0 Å². The smallest absolute Gasteiger partial charge is 0.0197 e. The highest BCUT2D eigenvalue weighted by Gasteiger charge is 2.30. The Bertz CT molecular complexity index is 165. The van der Waals surface area contributed by atoms with Crippen molar-refractivity contribution in [2.45, 2.75) is 38.8 Å². The number of hydrogen-bond acceptors (Lipinski definition) is 2. The average molecular weight is 168 g/mol. The molecule has 0 spiro atoms. The van der Waals surface area contributed by atoms with Gasteiger partial charge in [-0.1, -0.05) is 19.1 Å². The van der Waals surface area contributed by atoms with Gasteiger partial charge in [0.1, 0.15) is 0 Å². The Morgan fingerprint density at radius 3 is 2.75 bits per heavy atom. The van der Waals surface area contributed by atoms with Crippen molar-refractivity contribution in [2.75, 3.05) is 6.54 Å². The molecule has 3 atom stereocenters. The molecule has 0 bridgehead atoms. The van der Waals surface area contributed by atoms with Gasteiger partial charge in [-0.3, -0.25) is 0 Å². The molecule has 2 heteroatoms. The summed E-state index contributed by atoms with van der Waals surface area (Å²) < 4.78 is 0. The van der Waals surface area contributed by atoms with E-state index >= 15 is 0 Å². The van der Waals surface area contributed by atoms with Crippen LogP contribution < -0.4 is 11.1 Å². The summed E-state index contributed by atoms with van der Waals surface area (Å²) >= 11 is 0.